The Morgan fingerprint density at radius 2 is 2.00 bits per heavy atom. The molecule has 1 fully saturated rings. The number of carbonyl (C=O) groups is 1. The number of nitrogens with zero attached hydrogens (tertiary/aromatic N) is 1. The highest BCUT2D eigenvalue weighted by Gasteiger charge is 2.37. The molecule has 2 rings (SSSR count). The molecule has 0 radical (unpaired) electrons. The van der Waals surface area contributed by atoms with Crippen molar-refractivity contribution in [3.05, 3.63) is 28.5 Å². The van der Waals surface area contributed by atoms with Crippen molar-refractivity contribution in [2.75, 3.05) is 19.7 Å². The number of piperidine rings is 1. The molecule has 1 heterocycles. The topological polar surface area (TPSA) is 116 Å². The van der Waals surface area contributed by atoms with Gasteiger partial charge in [-0.1, -0.05) is 11.6 Å². The largest absolute Gasteiger partial charge is 0.598 e. The van der Waals surface area contributed by atoms with Crippen LogP contribution in [0.3, 0.4) is 0 Å². The average molecular weight is 451 g/mol. The maximum Gasteiger partial charge on any atom is 0.253 e. The van der Waals surface area contributed by atoms with Gasteiger partial charge < -0.3 is 24.8 Å². The molecular formula is C19H28ClFN2O5S. The van der Waals surface area contributed by atoms with E-state index in [9.17, 15) is 24.0 Å². The smallest absolute Gasteiger partial charge is 0.253 e. The molecule has 3 atom stereocenters. The number of hydrogen-bond acceptors (Lipinski definition) is 6. The van der Waals surface area contributed by atoms with Crippen LogP contribution in [-0.2, 0) is 16.2 Å². The van der Waals surface area contributed by atoms with Crippen molar-refractivity contribution in [2.45, 2.75) is 50.5 Å². The standard InChI is InChI=1S/C19H28ClFN2O5S/c1-19(2,3)29(28)22-17(12-8-13(20)14(21)9-15(12)25)11-4-6-23(7-5-11)18(27)16(26)10-24/h8-9,11,16-17,22,24-26H,4-7,10H2,1-3H3/t16?,17?,29-/m0/s1. The molecule has 1 aromatic rings. The van der Waals surface area contributed by atoms with Crippen LogP contribution in [0.4, 0.5) is 4.39 Å². The van der Waals surface area contributed by atoms with E-state index in [-0.39, 0.29) is 16.7 Å². The second-order valence-corrected chi connectivity index (χ2v) is 10.6. The number of benzene rings is 1. The zero-order valence-electron chi connectivity index (χ0n) is 16.7. The van der Waals surface area contributed by atoms with E-state index in [0.29, 0.717) is 31.5 Å². The Labute approximate surface area is 178 Å². The first-order valence-corrected chi connectivity index (χ1v) is 10.9. The Morgan fingerprint density at radius 1 is 1.41 bits per heavy atom. The lowest BCUT2D eigenvalue weighted by Crippen LogP contribution is -2.48. The van der Waals surface area contributed by atoms with Crippen LogP contribution in [0.1, 0.15) is 45.2 Å². The molecule has 1 saturated heterocycles. The van der Waals surface area contributed by atoms with E-state index in [1.54, 1.807) is 0 Å². The Morgan fingerprint density at radius 3 is 2.52 bits per heavy atom. The quantitative estimate of drug-likeness (QED) is 0.492. The lowest BCUT2D eigenvalue weighted by Gasteiger charge is -2.38. The Bertz CT molecular complexity index is 725. The highest BCUT2D eigenvalue weighted by atomic mass is 35.5. The first kappa shape index (κ1) is 24.2. The monoisotopic (exact) mass is 450 g/mol. The van der Waals surface area contributed by atoms with Crippen LogP contribution in [0.25, 0.3) is 0 Å². The summed E-state index contributed by atoms with van der Waals surface area (Å²) in [7, 11) is 0. The predicted molar refractivity (Wildman–Crippen MR) is 109 cm³/mol. The first-order valence-electron chi connectivity index (χ1n) is 9.39. The molecule has 0 spiro atoms. The molecule has 164 valence electrons. The van der Waals surface area contributed by atoms with Gasteiger partial charge in [0.1, 0.15) is 16.3 Å². The van der Waals surface area contributed by atoms with Crippen LogP contribution in [0.2, 0.25) is 5.02 Å². The van der Waals surface area contributed by atoms with E-state index in [0.717, 1.165) is 6.07 Å². The summed E-state index contributed by atoms with van der Waals surface area (Å²) in [5.74, 6) is -1.70. The van der Waals surface area contributed by atoms with Crippen LogP contribution < -0.4 is 4.72 Å². The summed E-state index contributed by atoms with van der Waals surface area (Å²) in [5, 5.41) is 28.7. The molecule has 4 N–H and O–H groups in total. The van der Waals surface area contributed by atoms with E-state index in [1.165, 1.54) is 11.0 Å². The number of likely N-dealkylation sites (tertiary alicyclic amines) is 1. The molecule has 1 aliphatic heterocycles. The third-order valence-electron chi connectivity index (χ3n) is 4.98. The fraction of sp³-hybridized carbons (Fsp3) is 0.632. The Balaban J connectivity index is 2.25. The van der Waals surface area contributed by atoms with Crippen LogP contribution in [-0.4, -0.2) is 61.2 Å². The second kappa shape index (κ2) is 9.80. The van der Waals surface area contributed by atoms with Crippen molar-refractivity contribution in [1.82, 2.24) is 9.62 Å². The van der Waals surface area contributed by atoms with Gasteiger partial charge in [0.25, 0.3) is 5.91 Å². The summed E-state index contributed by atoms with van der Waals surface area (Å²) in [5.41, 5.74) is 0.342. The zero-order chi connectivity index (χ0) is 21.9. The lowest BCUT2D eigenvalue weighted by molar-refractivity contribution is -0.143. The van der Waals surface area contributed by atoms with E-state index in [2.05, 4.69) is 4.72 Å². The number of aromatic hydroxyl groups is 1. The highest BCUT2D eigenvalue weighted by Crippen LogP contribution is 2.38. The van der Waals surface area contributed by atoms with Crippen LogP contribution in [0.15, 0.2) is 12.1 Å². The summed E-state index contributed by atoms with van der Waals surface area (Å²) >= 11 is 4.45. The Kier molecular flexibility index (Phi) is 8.17. The number of rotatable bonds is 6. The fourth-order valence-electron chi connectivity index (χ4n) is 3.25. The van der Waals surface area contributed by atoms with Crippen molar-refractivity contribution >= 4 is 28.9 Å². The van der Waals surface area contributed by atoms with Gasteiger partial charge in [0, 0.05) is 36.1 Å². The molecule has 7 nitrogen and oxygen atoms in total. The van der Waals surface area contributed by atoms with Gasteiger partial charge in [0.05, 0.1) is 17.7 Å². The van der Waals surface area contributed by atoms with Gasteiger partial charge in [-0.05, 0) is 45.6 Å². The average Bonchev–Trinajstić information content (AvgIpc) is 2.67. The zero-order valence-corrected chi connectivity index (χ0v) is 18.3. The third-order valence-corrected chi connectivity index (χ3v) is 6.85. The van der Waals surface area contributed by atoms with Crippen molar-refractivity contribution in [1.29, 1.82) is 0 Å². The highest BCUT2D eigenvalue weighted by molar-refractivity contribution is 7.90. The molecule has 1 aliphatic rings. The van der Waals surface area contributed by atoms with Gasteiger partial charge in [-0.25, -0.2) is 4.39 Å². The fourth-order valence-corrected chi connectivity index (χ4v) is 4.32. The number of hydrogen-bond donors (Lipinski definition) is 4. The summed E-state index contributed by atoms with van der Waals surface area (Å²) in [4.78, 5) is 13.5. The maximum atomic E-state index is 13.7. The van der Waals surface area contributed by atoms with Crippen molar-refractivity contribution < 1.29 is 29.1 Å². The van der Waals surface area contributed by atoms with Crippen molar-refractivity contribution in [3.63, 3.8) is 0 Å². The molecule has 29 heavy (non-hydrogen) atoms. The lowest BCUT2D eigenvalue weighted by atomic mass is 9.85. The summed E-state index contributed by atoms with van der Waals surface area (Å²) < 4.78 is 28.9. The second-order valence-electron chi connectivity index (χ2n) is 8.16. The van der Waals surface area contributed by atoms with Crippen LogP contribution in [0, 0.1) is 11.7 Å². The number of aliphatic hydroxyl groups excluding tert-OH is 2. The van der Waals surface area contributed by atoms with Gasteiger partial charge in [0.15, 0.2) is 6.10 Å². The first-order chi connectivity index (χ1) is 13.5. The molecule has 0 saturated carbocycles. The van der Waals surface area contributed by atoms with Crippen molar-refractivity contribution in [2.24, 2.45) is 5.92 Å². The molecule has 2 unspecified atom stereocenters. The van der Waals surface area contributed by atoms with Crippen LogP contribution >= 0.6 is 11.6 Å². The minimum atomic E-state index is -1.47. The van der Waals surface area contributed by atoms with E-state index in [1.807, 2.05) is 20.8 Å². The summed E-state index contributed by atoms with van der Waals surface area (Å²) in [6.45, 7) is 5.44. The number of carbonyl (C=O) groups excluding carboxylic acids is 1. The van der Waals surface area contributed by atoms with Gasteiger partial charge in [-0.15, -0.1) is 4.72 Å². The van der Waals surface area contributed by atoms with Gasteiger partial charge in [-0.3, -0.25) is 4.79 Å². The number of nitrogens with one attached hydrogen (secondary N) is 1. The van der Waals surface area contributed by atoms with E-state index in [4.69, 9.17) is 16.7 Å². The molecule has 1 aromatic carbocycles. The minimum absolute atomic E-state index is 0.121. The SMILES string of the molecule is CC(C)(C)[S@+]([O-])NC(c1cc(Cl)c(F)cc1O)C1CCN(C(=O)C(O)CO)CC1. The minimum Gasteiger partial charge on any atom is -0.598 e. The Hall–Kier alpha value is -1.10. The normalized spacial score (nSPS) is 19.1. The number of halogens is 2. The predicted octanol–water partition coefficient (Wildman–Crippen LogP) is 1.87. The molecule has 0 aliphatic carbocycles. The molecule has 10 heteroatoms. The van der Waals surface area contributed by atoms with E-state index < -0.39 is 46.6 Å². The number of aliphatic hydroxyl groups is 2. The summed E-state index contributed by atoms with van der Waals surface area (Å²) in [6.07, 6.45) is -0.455. The maximum absolute atomic E-state index is 13.7. The molecule has 0 aromatic heterocycles. The molecule has 1 amide bonds. The van der Waals surface area contributed by atoms with Gasteiger partial charge in [-0.2, -0.15) is 0 Å². The number of amides is 1. The van der Waals surface area contributed by atoms with E-state index >= 15 is 0 Å². The van der Waals surface area contributed by atoms with Crippen molar-refractivity contribution in [3.8, 4) is 5.75 Å². The molecular weight excluding hydrogens is 423 g/mol. The number of phenols is 1. The van der Waals surface area contributed by atoms with Gasteiger partial charge in [0.2, 0.25) is 0 Å². The molecule has 0 bridgehead atoms. The van der Waals surface area contributed by atoms with Crippen LogP contribution in [0.5, 0.6) is 5.75 Å². The third kappa shape index (κ3) is 5.96. The van der Waals surface area contributed by atoms with Gasteiger partial charge >= 0.3 is 0 Å². The summed E-state index contributed by atoms with van der Waals surface area (Å²) in [6, 6.07) is 1.69. The number of phenolic OH excluding ortho intramolecular Hbond substituents is 1.